The fourth-order valence-corrected chi connectivity index (χ4v) is 21.9. The third-order valence-corrected chi connectivity index (χ3v) is 31.1. The van der Waals surface area contributed by atoms with E-state index >= 15 is 0 Å². The highest BCUT2D eigenvalue weighted by atomic mass is 16.5. The summed E-state index contributed by atoms with van der Waals surface area (Å²) < 4.78 is 27.8. The molecule has 0 bridgehead atoms. The van der Waals surface area contributed by atoms with Gasteiger partial charge in [0.05, 0.1) is 33.5 Å². The lowest BCUT2D eigenvalue weighted by atomic mass is 9.78. The van der Waals surface area contributed by atoms with Crippen LogP contribution in [0.3, 0.4) is 0 Å². The van der Waals surface area contributed by atoms with Gasteiger partial charge in [-0.2, -0.15) is 0 Å². The maximum atomic E-state index is 5.77. The Balaban J connectivity index is 0.000000173. The molecule has 10 aromatic rings. The molecule has 0 aliphatic heterocycles. The lowest BCUT2D eigenvalue weighted by molar-refractivity contribution is 0.252. The summed E-state index contributed by atoms with van der Waals surface area (Å²) in [7, 11) is 1.68. The summed E-state index contributed by atoms with van der Waals surface area (Å²) in [5.74, 6) is 46.9. The second-order valence-corrected chi connectivity index (χ2v) is 42.7. The van der Waals surface area contributed by atoms with Gasteiger partial charge in [0, 0.05) is 55.6 Å². The van der Waals surface area contributed by atoms with E-state index in [-0.39, 0.29) is 0 Å². The first-order valence-electron chi connectivity index (χ1n) is 57.9. The van der Waals surface area contributed by atoms with Gasteiger partial charge in [-0.25, -0.2) is 0 Å². The van der Waals surface area contributed by atoms with Gasteiger partial charge in [-0.15, -0.1) is 0 Å². The van der Waals surface area contributed by atoms with E-state index in [9.17, 15) is 0 Å². The first kappa shape index (κ1) is 114. The molecule has 15 rings (SSSR count). The number of methoxy groups -OCH3 is 1. The Morgan fingerprint density at radius 1 is 0.172 bits per heavy atom. The van der Waals surface area contributed by atoms with E-state index in [4.69, 9.17) is 23.7 Å². The molecule has 770 valence electrons. The quantitative estimate of drug-likeness (QED) is 0.0283. The summed E-state index contributed by atoms with van der Waals surface area (Å²) in [6.07, 6.45) is 62.5. The van der Waals surface area contributed by atoms with Gasteiger partial charge in [-0.3, -0.25) is 0 Å². The van der Waals surface area contributed by atoms with Crippen molar-refractivity contribution in [2.24, 2.45) is 59.2 Å². The van der Waals surface area contributed by atoms with Gasteiger partial charge in [0.2, 0.25) is 0 Å². The molecule has 5 saturated carbocycles. The Labute approximate surface area is 882 Å². The van der Waals surface area contributed by atoms with Gasteiger partial charge in [0.1, 0.15) is 28.7 Å². The molecule has 145 heavy (non-hydrogen) atoms. The first-order chi connectivity index (χ1) is 71.3. The SMILES string of the molecule is CCCCCOc1ccc(C#Cc2ccc(CC[C@H]3CC[C@H](CCC)CC3)cc2)cc1.CCCCOc1ccc(C#Cc2ccc(CC[C@H]3CC[C@H](CCC)CC3)cc2)cc1.CCCOc1ccc(C#Cc2ccc(CC[C@H]3CC[C@H](CCC)CC3)cc2)cc1.CCC[C@H]1CC[C@H](CCc2ccc(C#Cc3ccc(OC)cc3)cc2)CC1.CCC[C@H]1CC[C@H](CCc2ccc(C#Cc3ccc(OCC)cc3)cc2)CC1. The Morgan fingerprint density at radius 2 is 0.345 bits per heavy atom. The molecule has 0 N–H and O–H groups in total. The van der Waals surface area contributed by atoms with E-state index in [2.05, 4.69) is 236 Å². The van der Waals surface area contributed by atoms with Gasteiger partial charge in [0.25, 0.3) is 0 Å². The minimum absolute atomic E-state index is 0.692. The number of unbranched alkanes of at least 4 members (excludes halogenated alkanes) is 3. The van der Waals surface area contributed by atoms with Crippen molar-refractivity contribution in [2.45, 2.75) is 358 Å². The molecule has 0 atom stereocenters. The number of aryl methyl sites for hydroxylation is 5. The lowest BCUT2D eigenvalue weighted by Gasteiger charge is -2.28. The summed E-state index contributed by atoms with van der Waals surface area (Å²) >= 11 is 0. The van der Waals surface area contributed by atoms with Crippen LogP contribution in [0.2, 0.25) is 0 Å². The fraction of sp³-hybridized carbons (Fsp3) is 0.500. The van der Waals surface area contributed by atoms with E-state index in [1.165, 1.54) is 297 Å². The Bertz CT molecular complexity index is 5450. The Morgan fingerprint density at radius 3 is 0.524 bits per heavy atom. The number of hydrogen-bond acceptors (Lipinski definition) is 5. The molecular weight excluding hydrogens is 1760 g/mol. The van der Waals surface area contributed by atoms with Crippen molar-refractivity contribution in [3.8, 4) is 88.0 Å². The minimum atomic E-state index is 0.692. The number of benzene rings is 10. The van der Waals surface area contributed by atoms with Crippen LogP contribution in [0.4, 0.5) is 0 Å². The van der Waals surface area contributed by atoms with Crippen LogP contribution < -0.4 is 23.7 Å². The van der Waals surface area contributed by atoms with E-state index < -0.39 is 0 Å². The maximum absolute atomic E-state index is 5.77. The lowest BCUT2D eigenvalue weighted by Crippen LogP contribution is -2.15. The molecule has 0 unspecified atom stereocenters. The Kier molecular flexibility index (Phi) is 54.0. The summed E-state index contributed by atoms with van der Waals surface area (Å²) in [6, 6.07) is 84.4. The van der Waals surface area contributed by atoms with Gasteiger partial charge in [0.15, 0.2) is 0 Å². The highest BCUT2D eigenvalue weighted by molar-refractivity contribution is 5.50. The van der Waals surface area contributed by atoms with Crippen molar-refractivity contribution >= 4 is 0 Å². The molecule has 5 heteroatoms. The zero-order valence-electron chi connectivity index (χ0n) is 91.3. The van der Waals surface area contributed by atoms with Crippen LogP contribution in [-0.2, 0) is 32.1 Å². The molecule has 5 nitrogen and oxygen atoms in total. The summed E-state index contributed by atoms with van der Waals surface area (Å²) in [5, 5.41) is 0. The van der Waals surface area contributed by atoms with Crippen LogP contribution in [0.25, 0.3) is 0 Å². The average molecular weight is 1940 g/mol. The van der Waals surface area contributed by atoms with Crippen molar-refractivity contribution < 1.29 is 23.7 Å². The summed E-state index contributed by atoms with van der Waals surface area (Å²) in [6.45, 7) is 23.1. The van der Waals surface area contributed by atoms with Crippen molar-refractivity contribution in [2.75, 3.05) is 33.5 Å². The summed E-state index contributed by atoms with van der Waals surface area (Å²) in [5.41, 5.74) is 17.8. The van der Waals surface area contributed by atoms with Crippen LogP contribution in [0.15, 0.2) is 243 Å². The molecule has 5 aliphatic carbocycles. The van der Waals surface area contributed by atoms with Crippen LogP contribution in [0.1, 0.15) is 409 Å². The number of ether oxygens (including phenoxy) is 5. The molecule has 0 amide bonds. The molecule has 0 aromatic heterocycles. The zero-order valence-corrected chi connectivity index (χ0v) is 91.3. The van der Waals surface area contributed by atoms with Crippen LogP contribution >= 0.6 is 0 Å². The maximum Gasteiger partial charge on any atom is 0.119 e. The molecule has 5 fully saturated rings. The van der Waals surface area contributed by atoms with E-state index in [1.807, 2.05) is 128 Å². The van der Waals surface area contributed by atoms with Gasteiger partial charge >= 0.3 is 0 Å². The molecule has 0 spiro atoms. The predicted molar refractivity (Wildman–Crippen MR) is 617 cm³/mol. The van der Waals surface area contributed by atoms with E-state index in [0.717, 1.165) is 189 Å². The van der Waals surface area contributed by atoms with Crippen LogP contribution in [0, 0.1) is 118 Å². The smallest absolute Gasteiger partial charge is 0.119 e. The number of rotatable bonds is 40. The van der Waals surface area contributed by atoms with Crippen molar-refractivity contribution in [1.29, 1.82) is 0 Å². The monoisotopic (exact) mass is 1940 g/mol. The van der Waals surface area contributed by atoms with Gasteiger partial charge in [-0.1, -0.05) is 387 Å². The molecule has 0 radical (unpaired) electrons. The topological polar surface area (TPSA) is 46.2 Å². The molecule has 10 aromatic carbocycles. The predicted octanol–water partition coefficient (Wildman–Crippen LogP) is 37.1. The molecule has 0 saturated heterocycles. The normalized spacial score (nSPS) is 18.7. The van der Waals surface area contributed by atoms with E-state index in [1.54, 1.807) is 7.11 Å². The highest BCUT2D eigenvalue weighted by Crippen LogP contribution is 2.40. The second-order valence-electron chi connectivity index (χ2n) is 42.7. The third kappa shape index (κ3) is 45.5. The molecule has 5 aliphatic rings. The Hall–Kier alpha value is -11.0. The highest BCUT2D eigenvalue weighted by Gasteiger charge is 2.26. The zero-order chi connectivity index (χ0) is 102. The average Bonchev–Trinajstić information content (AvgIpc) is 0.888. The fourth-order valence-electron chi connectivity index (χ4n) is 21.9. The minimum Gasteiger partial charge on any atom is -0.497 e. The van der Waals surface area contributed by atoms with E-state index in [0.29, 0.717) is 6.61 Å². The molecule has 0 heterocycles. The largest absolute Gasteiger partial charge is 0.497 e. The van der Waals surface area contributed by atoms with Gasteiger partial charge < -0.3 is 23.7 Å². The third-order valence-electron chi connectivity index (χ3n) is 31.1. The first-order valence-corrected chi connectivity index (χ1v) is 57.9. The number of hydrogen-bond donors (Lipinski definition) is 0. The molecular formula is C140H180O5. The second kappa shape index (κ2) is 68.4. The van der Waals surface area contributed by atoms with Crippen LogP contribution in [-0.4, -0.2) is 33.5 Å². The van der Waals surface area contributed by atoms with Crippen molar-refractivity contribution in [1.82, 2.24) is 0 Å². The standard InChI is InChI=1S/C30H40O.C29H38O.C28H36O.C27H34O.C26H32O/c1-3-5-6-24-31-30-22-20-29(21-23-30)19-18-28-16-14-27(15-17-28)13-12-26-10-8-25(7-4-2)9-11-26;1-3-5-23-30-29-21-19-28(20-22-29)18-17-27-15-13-26(14-16-27)12-11-25-9-7-24(6-4-2)8-10-25;1-3-5-23-6-8-24(9-7-23)10-11-25-12-14-26(15-13-25)16-17-27-18-20-28(21-19-27)29-22-4-2;1-3-5-22-6-8-23(9-7-22)10-11-24-12-14-25(15-13-24)16-17-26-18-20-27(21-19-26)28-4-2;1-3-4-21-5-7-22(8-6-21)9-10-23-11-13-24(14-12-23)15-16-25-17-19-26(27-2)20-18-25/h14-17,20-23,25-26H,3-13,24H2,1-2H3;13-16,19-22,24-25H,3-12,23H2,1-2H3;12-15,18-21,23-24H,3-11,22H2,1-2H3;12-15,18-23H,3-11H2,1-2H3;11-14,17-22H,3-10H2,1-2H3/t25-,26-;24-,25-;23-,24-;22-,23-;21-,22-. The van der Waals surface area contributed by atoms with Crippen molar-refractivity contribution in [3.63, 3.8) is 0 Å². The van der Waals surface area contributed by atoms with Crippen molar-refractivity contribution in [3.05, 3.63) is 326 Å². The van der Waals surface area contributed by atoms with Gasteiger partial charge in [-0.05, 0) is 359 Å². The summed E-state index contributed by atoms with van der Waals surface area (Å²) in [4.78, 5) is 0. The van der Waals surface area contributed by atoms with Crippen LogP contribution in [0.5, 0.6) is 28.7 Å².